The molecule has 0 aliphatic carbocycles. The van der Waals surface area contributed by atoms with Crippen LogP contribution in [-0.2, 0) is 0 Å². The first kappa shape index (κ1) is 17.3. The molecule has 0 atom stereocenters. The smallest absolute Gasteiger partial charge is 0.160 e. The zero-order valence-electron chi connectivity index (χ0n) is 17.7. The number of rotatable bonds is 0. The maximum atomic E-state index is 6.66. The van der Waals surface area contributed by atoms with Gasteiger partial charge >= 0.3 is 0 Å². The average molecular weight is 456 g/mol. The Morgan fingerprint density at radius 3 is 1.47 bits per heavy atom. The van der Waals surface area contributed by atoms with Crippen LogP contribution in [0.15, 0.2) is 93.8 Å². The highest BCUT2D eigenvalue weighted by molar-refractivity contribution is 6.36. The molecule has 3 nitrogen and oxygen atoms in total. The highest BCUT2D eigenvalue weighted by Gasteiger charge is 2.24. The van der Waals surface area contributed by atoms with Crippen LogP contribution in [0.1, 0.15) is 0 Å². The maximum Gasteiger partial charge on any atom is 0.160 e. The SMILES string of the molecule is Clc1cc2c3ccc4c5ccccc5oc4c3n3c2c(c1)c1ccc2c4ccccc4oc2c13. The van der Waals surface area contributed by atoms with E-state index in [0.29, 0.717) is 0 Å². The Hall–Kier alpha value is -4.21. The lowest BCUT2D eigenvalue weighted by atomic mass is 10.0. The number of furan rings is 2. The maximum absolute atomic E-state index is 6.66. The summed E-state index contributed by atoms with van der Waals surface area (Å²) >= 11 is 6.66. The third-order valence-corrected chi connectivity index (χ3v) is 7.59. The Kier molecular flexibility index (Phi) is 2.87. The van der Waals surface area contributed by atoms with E-state index < -0.39 is 0 Å². The summed E-state index contributed by atoms with van der Waals surface area (Å²) < 4.78 is 15.3. The molecular weight excluding hydrogens is 442 g/mol. The summed E-state index contributed by atoms with van der Waals surface area (Å²) in [6, 6.07) is 29.3. The van der Waals surface area contributed by atoms with Crippen molar-refractivity contribution < 1.29 is 8.83 Å². The summed E-state index contributed by atoms with van der Waals surface area (Å²) in [5.74, 6) is 0. The van der Waals surface area contributed by atoms with Crippen molar-refractivity contribution in [3.05, 3.63) is 90.0 Å². The summed E-state index contributed by atoms with van der Waals surface area (Å²) in [7, 11) is 0. The summed E-state index contributed by atoms with van der Waals surface area (Å²) in [5.41, 5.74) is 6.81. The highest BCUT2D eigenvalue weighted by atomic mass is 35.5. The fraction of sp³-hybridized carbons (Fsp3) is 0. The molecule has 9 aromatic rings. The Morgan fingerprint density at radius 1 is 0.471 bits per heavy atom. The van der Waals surface area contributed by atoms with Crippen LogP contribution in [0.4, 0.5) is 0 Å². The van der Waals surface area contributed by atoms with E-state index in [1.54, 1.807) is 0 Å². The first-order chi connectivity index (χ1) is 16.8. The van der Waals surface area contributed by atoms with E-state index in [2.05, 4.69) is 65.1 Å². The van der Waals surface area contributed by atoms with E-state index in [0.717, 1.165) is 87.0 Å². The van der Waals surface area contributed by atoms with Crippen LogP contribution in [0.25, 0.3) is 82.0 Å². The van der Waals surface area contributed by atoms with E-state index in [4.69, 9.17) is 20.4 Å². The van der Waals surface area contributed by atoms with Crippen molar-refractivity contribution in [2.45, 2.75) is 0 Å². The number of para-hydroxylation sites is 2. The molecule has 0 unspecified atom stereocenters. The van der Waals surface area contributed by atoms with Crippen LogP contribution in [0, 0.1) is 0 Å². The normalized spacial score (nSPS) is 12.9. The molecule has 34 heavy (non-hydrogen) atoms. The molecular formula is C30H14ClNO2. The first-order valence-electron chi connectivity index (χ1n) is 11.3. The molecule has 0 aliphatic heterocycles. The molecule has 0 amide bonds. The van der Waals surface area contributed by atoms with Gasteiger partial charge in [0.1, 0.15) is 11.2 Å². The van der Waals surface area contributed by atoms with Gasteiger partial charge in [-0.2, -0.15) is 0 Å². The zero-order chi connectivity index (χ0) is 22.1. The molecule has 4 heterocycles. The van der Waals surface area contributed by atoms with Gasteiger partial charge in [-0.3, -0.25) is 0 Å². The second kappa shape index (κ2) is 5.64. The summed E-state index contributed by atoms with van der Waals surface area (Å²) in [6.07, 6.45) is 0. The number of benzene rings is 5. The molecule has 4 heteroatoms. The van der Waals surface area contributed by atoms with Crippen molar-refractivity contribution in [3.8, 4) is 0 Å². The summed E-state index contributed by atoms with van der Waals surface area (Å²) in [4.78, 5) is 0. The largest absolute Gasteiger partial charge is 0.454 e. The van der Waals surface area contributed by atoms with Gasteiger partial charge in [-0.25, -0.2) is 0 Å². The van der Waals surface area contributed by atoms with Gasteiger partial charge in [0.15, 0.2) is 11.2 Å². The van der Waals surface area contributed by atoms with Gasteiger partial charge in [0, 0.05) is 48.1 Å². The number of hydrogen-bond acceptors (Lipinski definition) is 2. The number of aromatic nitrogens is 1. The average Bonchev–Trinajstić information content (AvgIpc) is 3.59. The van der Waals surface area contributed by atoms with Crippen molar-refractivity contribution in [2.24, 2.45) is 0 Å². The van der Waals surface area contributed by atoms with Gasteiger partial charge in [-0.1, -0.05) is 60.1 Å². The minimum atomic E-state index is 0.726. The molecule has 9 rings (SSSR count). The third kappa shape index (κ3) is 1.85. The van der Waals surface area contributed by atoms with Gasteiger partial charge in [0.05, 0.1) is 16.6 Å². The standard InChI is InChI=1S/C30H14ClNO2/c31-15-13-22-18-9-11-20-16-5-1-3-7-24(16)33-29(20)27(18)32-26(22)23(14-15)19-10-12-21-17-6-2-4-8-25(17)34-30(21)28(19)32/h1-14H. The second-order valence-corrected chi connectivity index (χ2v) is 9.49. The van der Waals surface area contributed by atoms with E-state index in [1.165, 1.54) is 0 Å². The fourth-order valence-electron chi connectivity index (χ4n) is 6.01. The molecule has 0 saturated carbocycles. The molecule has 158 valence electrons. The van der Waals surface area contributed by atoms with Crippen molar-refractivity contribution in [1.82, 2.24) is 4.40 Å². The predicted octanol–water partition coefficient (Wildman–Crippen LogP) is 9.29. The number of hydrogen-bond donors (Lipinski definition) is 0. The van der Waals surface area contributed by atoms with Crippen LogP contribution in [0.3, 0.4) is 0 Å². The lowest BCUT2D eigenvalue weighted by molar-refractivity contribution is 0.670. The monoisotopic (exact) mass is 455 g/mol. The molecule has 0 saturated heterocycles. The van der Waals surface area contributed by atoms with Gasteiger partial charge in [-0.15, -0.1) is 0 Å². The number of nitrogens with zero attached hydrogens (tertiary/aromatic N) is 1. The van der Waals surface area contributed by atoms with Crippen LogP contribution >= 0.6 is 11.6 Å². The van der Waals surface area contributed by atoms with Crippen LogP contribution < -0.4 is 0 Å². The first-order valence-corrected chi connectivity index (χ1v) is 11.7. The number of fused-ring (bicyclic) bond motifs is 14. The van der Waals surface area contributed by atoms with Gasteiger partial charge in [0.2, 0.25) is 0 Å². The molecule has 5 aromatic carbocycles. The van der Waals surface area contributed by atoms with Gasteiger partial charge in [-0.05, 0) is 36.4 Å². The van der Waals surface area contributed by atoms with Crippen LogP contribution in [0.5, 0.6) is 0 Å². The van der Waals surface area contributed by atoms with E-state index in [9.17, 15) is 0 Å². The number of halogens is 1. The molecule has 0 aliphatic rings. The van der Waals surface area contributed by atoms with Gasteiger partial charge < -0.3 is 13.2 Å². The topological polar surface area (TPSA) is 30.7 Å². The molecule has 0 N–H and O–H groups in total. The minimum absolute atomic E-state index is 0.726. The van der Waals surface area contributed by atoms with E-state index >= 15 is 0 Å². The molecule has 0 bridgehead atoms. The molecule has 4 aromatic heterocycles. The van der Waals surface area contributed by atoms with Crippen molar-refractivity contribution in [3.63, 3.8) is 0 Å². The Balaban J connectivity index is 1.67. The van der Waals surface area contributed by atoms with Crippen LogP contribution in [-0.4, -0.2) is 4.40 Å². The van der Waals surface area contributed by atoms with E-state index in [1.807, 2.05) is 24.3 Å². The zero-order valence-corrected chi connectivity index (χ0v) is 18.5. The Bertz CT molecular complexity index is 2140. The summed E-state index contributed by atoms with van der Waals surface area (Å²) in [6.45, 7) is 0. The summed E-state index contributed by atoms with van der Waals surface area (Å²) in [5, 5.41) is 9.70. The van der Waals surface area contributed by atoms with Crippen molar-refractivity contribution in [1.29, 1.82) is 0 Å². The van der Waals surface area contributed by atoms with Crippen molar-refractivity contribution in [2.75, 3.05) is 0 Å². The molecule has 0 radical (unpaired) electrons. The highest BCUT2D eigenvalue weighted by Crippen LogP contribution is 2.46. The lowest BCUT2D eigenvalue weighted by Crippen LogP contribution is -1.82. The van der Waals surface area contributed by atoms with Crippen LogP contribution in [0.2, 0.25) is 5.02 Å². The quantitative estimate of drug-likeness (QED) is 0.228. The Labute approximate surface area is 196 Å². The van der Waals surface area contributed by atoms with E-state index in [-0.39, 0.29) is 0 Å². The lowest BCUT2D eigenvalue weighted by Gasteiger charge is -2.00. The Morgan fingerprint density at radius 2 is 0.941 bits per heavy atom. The predicted molar refractivity (Wildman–Crippen MR) is 141 cm³/mol. The molecule has 0 spiro atoms. The van der Waals surface area contributed by atoms with Crippen molar-refractivity contribution >= 4 is 93.6 Å². The fourth-order valence-corrected chi connectivity index (χ4v) is 6.23. The minimum Gasteiger partial charge on any atom is -0.454 e. The third-order valence-electron chi connectivity index (χ3n) is 7.37. The molecule has 0 fully saturated rings. The second-order valence-electron chi connectivity index (χ2n) is 9.06. The van der Waals surface area contributed by atoms with Gasteiger partial charge in [0.25, 0.3) is 0 Å².